The van der Waals surface area contributed by atoms with Gasteiger partial charge in [-0.2, -0.15) is 0 Å². The van der Waals surface area contributed by atoms with Crippen molar-refractivity contribution < 1.29 is 14.3 Å². The highest BCUT2D eigenvalue weighted by molar-refractivity contribution is 5.95. The largest absolute Gasteiger partial charge is 0.497 e. The van der Waals surface area contributed by atoms with Crippen LogP contribution in [0.15, 0.2) is 18.2 Å². The lowest BCUT2D eigenvalue weighted by Gasteiger charge is -2.19. The van der Waals surface area contributed by atoms with Crippen molar-refractivity contribution in [3.05, 3.63) is 29.6 Å². The molecule has 2 aromatic rings. The van der Waals surface area contributed by atoms with Crippen LogP contribution in [0.1, 0.15) is 29.1 Å². The highest BCUT2D eigenvalue weighted by Gasteiger charge is 2.27. The maximum Gasteiger partial charge on any atom is 0.285 e. The van der Waals surface area contributed by atoms with Crippen LogP contribution in [0.3, 0.4) is 0 Å². The minimum absolute atomic E-state index is 0.0458. The van der Waals surface area contributed by atoms with Crippen LogP contribution in [0.25, 0.3) is 11.4 Å². The highest BCUT2D eigenvalue weighted by atomic mass is 16.5. The number of nitrogens with one attached hydrogen (secondary N) is 3. The summed E-state index contributed by atoms with van der Waals surface area (Å²) >= 11 is 0. The normalized spacial score (nSPS) is 17.1. The summed E-state index contributed by atoms with van der Waals surface area (Å²) in [5.41, 5.74) is 7.33. The molecule has 0 saturated heterocycles. The Hall–Kier alpha value is -2.54. The third kappa shape index (κ3) is 2.21. The van der Waals surface area contributed by atoms with Gasteiger partial charge >= 0.3 is 0 Å². The molecule has 1 unspecified atom stereocenters. The monoisotopic (exact) mass is 288 g/mol. The number of carbonyl (C=O) groups excluding carboxylic acids is 1. The average molecular weight is 288 g/mol. The van der Waals surface area contributed by atoms with Gasteiger partial charge in [-0.15, -0.1) is 0 Å². The number of nitrogens with zero attached hydrogens (tertiary/aromatic N) is 1. The molecule has 7 heteroatoms. The van der Waals surface area contributed by atoms with Crippen LogP contribution in [-0.2, 0) is 0 Å². The van der Waals surface area contributed by atoms with Crippen molar-refractivity contribution in [3.63, 3.8) is 0 Å². The van der Waals surface area contributed by atoms with Gasteiger partial charge in [-0.1, -0.05) is 0 Å². The van der Waals surface area contributed by atoms with Crippen LogP contribution in [0.2, 0.25) is 0 Å². The Balaban J connectivity index is 2.13. The Bertz CT molecular complexity index is 696. The molecule has 1 aromatic heterocycles. The van der Waals surface area contributed by atoms with Crippen LogP contribution in [-0.4, -0.2) is 30.1 Å². The molecule has 0 saturated carbocycles. The zero-order valence-electron chi connectivity index (χ0n) is 12.0. The number of amides is 1. The number of ether oxygens (including phenoxy) is 2. The fourth-order valence-corrected chi connectivity index (χ4v) is 2.31. The number of aromatic amines is 1. The Kier molecular flexibility index (Phi) is 3.26. The summed E-state index contributed by atoms with van der Waals surface area (Å²) in [6, 6.07) is 5.38. The lowest BCUT2D eigenvalue weighted by Crippen LogP contribution is -2.44. The van der Waals surface area contributed by atoms with Crippen LogP contribution < -0.4 is 20.3 Å². The van der Waals surface area contributed by atoms with E-state index in [1.54, 1.807) is 20.3 Å². The van der Waals surface area contributed by atoms with Crippen LogP contribution >= 0.6 is 0 Å². The molecular weight excluding hydrogens is 272 g/mol. The molecular formula is C14H16N4O3. The molecule has 1 aliphatic rings. The number of hydrazine groups is 1. The third-order valence-corrected chi connectivity index (χ3v) is 3.44. The zero-order valence-corrected chi connectivity index (χ0v) is 12.0. The minimum Gasteiger partial charge on any atom is -0.497 e. The van der Waals surface area contributed by atoms with E-state index < -0.39 is 0 Å². The zero-order chi connectivity index (χ0) is 15.0. The first-order valence-corrected chi connectivity index (χ1v) is 6.52. The van der Waals surface area contributed by atoms with Gasteiger partial charge in [0.2, 0.25) is 0 Å². The van der Waals surface area contributed by atoms with E-state index >= 15 is 0 Å². The maximum absolute atomic E-state index is 11.8. The number of rotatable bonds is 3. The number of H-pyrrole nitrogens is 1. The van der Waals surface area contributed by atoms with Crippen LogP contribution in [0, 0.1) is 0 Å². The first kappa shape index (κ1) is 13.4. The Morgan fingerprint density at radius 2 is 2.05 bits per heavy atom. The second kappa shape index (κ2) is 5.10. The molecule has 1 aliphatic heterocycles. The molecule has 3 rings (SSSR count). The minimum atomic E-state index is -0.257. The second-order valence-electron chi connectivity index (χ2n) is 4.73. The van der Waals surface area contributed by atoms with E-state index in [4.69, 9.17) is 9.47 Å². The molecule has 2 heterocycles. The molecule has 1 amide bonds. The predicted octanol–water partition coefficient (Wildman–Crippen LogP) is 1.40. The van der Waals surface area contributed by atoms with Gasteiger partial charge in [-0.25, -0.2) is 10.4 Å². The van der Waals surface area contributed by atoms with E-state index in [1.807, 2.05) is 19.1 Å². The van der Waals surface area contributed by atoms with E-state index in [9.17, 15) is 4.79 Å². The van der Waals surface area contributed by atoms with E-state index in [0.29, 0.717) is 23.0 Å². The van der Waals surface area contributed by atoms with Gasteiger partial charge in [0.1, 0.15) is 17.3 Å². The second-order valence-corrected chi connectivity index (χ2v) is 4.73. The fourth-order valence-electron chi connectivity index (χ4n) is 2.31. The summed E-state index contributed by atoms with van der Waals surface area (Å²) in [5.74, 6) is 1.66. The van der Waals surface area contributed by atoms with Crippen LogP contribution in [0.4, 0.5) is 0 Å². The lowest BCUT2D eigenvalue weighted by atomic mass is 10.1. The Labute approximate surface area is 121 Å². The third-order valence-electron chi connectivity index (χ3n) is 3.44. The van der Waals surface area contributed by atoms with E-state index in [-0.39, 0.29) is 11.9 Å². The predicted molar refractivity (Wildman–Crippen MR) is 76.1 cm³/mol. The number of fused-ring (bicyclic) bond motifs is 1. The standard InChI is InChI=1S/C14H16N4O3/c1-7-11-12(14(19)18-17-7)16-13(15-11)9-6-8(20-2)4-5-10(9)21-3/h4-7,17H,1-3H3,(H,15,16)(H,18,19). The van der Waals surface area contributed by atoms with Crippen molar-refractivity contribution in [3.8, 4) is 22.9 Å². The van der Waals surface area contributed by atoms with Crippen molar-refractivity contribution >= 4 is 5.91 Å². The topological polar surface area (TPSA) is 88.3 Å². The molecule has 1 atom stereocenters. The van der Waals surface area contributed by atoms with Gasteiger partial charge in [0.05, 0.1) is 31.5 Å². The molecule has 1 aromatic carbocycles. The van der Waals surface area contributed by atoms with E-state index in [1.165, 1.54) is 0 Å². The van der Waals surface area contributed by atoms with Gasteiger partial charge in [-0.3, -0.25) is 10.2 Å². The smallest absolute Gasteiger partial charge is 0.285 e. The van der Waals surface area contributed by atoms with Gasteiger partial charge in [0, 0.05) is 0 Å². The highest BCUT2D eigenvalue weighted by Crippen LogP contribution is 2.33. The molecule has 110 valence electrons. The van der Waals surface area contributed by atoms with Crippen molar-refractivity contribution in [1.29, 1.82) is 0 Å². The van der Waals surface area contributed by atoms with E-state index in [0.717, 1.165) is 11.3 Å². The van der Waals surface area contributed by atoms with Gasteiger partial charge < -0.3 is 14.5 Å². The van der Waals surface area contributed by atoms with Crippen LogP contribution in [0.5, 0.6) is 11.5 Å². The summed E-state index contributed by atoms with van der Waals surface area (Å²) < 4.78 is 10.6. The molecule has 0 radical (unpaired) electrons. The van der Waals surface area contributed by atoms with Gasteiger partial charge in [0.15, 0.2) is 5.69 Å². The van der Waals surface area contributed by atoms with Crippen molar-refractivity contribution in [2.24, 2.45) is 0 Å². The molecule has 0 bridgehead atoms. The van der Waals surface area contributed by atoms with Crippen molar-refractivity contribution in [2.45, 2.75) is 13.0 Å². The van der Waals surface area contributed by atoms with Crippen molar-refractivity contribution in [2.75, 3.05) is 14.2 Å². The molecule has 7 nitrogen and oxygen atoms in total. The van der Waals surface area contributed by atoms with E-state index in [2.05, 4.69) is 20.8 Å². The van der Waals surface area contributed by atoms with Gasteiger partial charge in [-0.05, 0) is 25.1 Å². The summed E-state index contributed by atoms with van der Waals surface area (Å²) in [4.78, 5) is 19.4. The summed E-state index contributed by atoms with van der Waals surface area (Å²) in [7, 11) is 3.18. The molecule has 0 fully saturated rings. The Morgan fingerprint density at radius 1 is 1.24 bits per heavy atom. The molecule has 3 N–H and O–H groups in total. The number of carbonyl (C=O) groups is 1. The summed E-state index contributed by atoms with van der Waals surface area (Å²) in [6.45, 7) is 1.93. The first-order chi connectivity index (χ1) is 10.1. The summed E-state index contributed by atoms with van der Waals surface area (Å²) in [5, 5.41) is 0. The number of imidazole rings is 1. The number of aromatic nitrogens is 2. The molecule has 0 spiro atoms. The SMILES string of the molecule is COc1ccc(OC)c(-c2nc3c([nH]2)C(C)NNC3=O)c1. The Morgan fingerprint density at radius 3 is 2.71 bits per heavy atom. The lowest BCUT2D eigenvalue weighted by molar-refractivity contribution is 0.0904. The summed E-state index contributed by atoms with van der Waals surface area (Å²) in [6.07, 6.45) is 0. The molecule has 21 heavy (non-hydrogen) atoms. The number of methoxy groups -OCH3 is 2. The average Bonchev–Trinajstić information content (AvgIpc) is 2.96. The maximum atomic E-state index is 11.8. The first-order valence-electron chi connectivity index (χ1n) is 6.52. The molecule has 0 aliphatic carbocycles. The fraction of sp³-hybridized carbons (Fsp3) is 0.286. The number of benzene rings is 1. The number of hydrogen-bond donors (Lipinski definition) is 3. The number of hydrogen-bond acceptors (Lipinski definition) is 5. The van der Waals surface area contributed by atoms with Crippen molar-refractivity contribution in [1.82, 2.24) is 20.8 Å². The van der Waals surface area contributed by atoms with Gasteiger partial charge in [0.25, 0.3) is 5.91 Å². The quantitative estimate of drug-likeness (QED) is 0.794.